The van der Waals surface area contributed by atoms with Crippen molar-refractivity contribution >= 4 is 11.5 Å². The summed E-state index contributed by atoms with van der Waals surface area (Å²) < 4.78 is 0. The Morgan fingerprint density at radius 1 is 1.10 bits per heavy atom. The Balaban J connectivity index is 2.25. The number of benzene rings is 1. The van der Waals surface area contributed by atoms with Crippen LogP contribution in [0.5, 0.6) is 0 Å². The molecular weight excluding hydrogens is 260 g/mol. The van der Waals surface area contributed by atoms with Gasteiger partial charge in [0.25, 0.3) is 0 Å². The minimum atomic E-state index is 0.798. The Morgan fingerprint density at radius 2 is 1.81 bits per heavy atom. The fraction of sp³-hybridized carbons (Fsp3) is 0.412. The highest BCUT2D eigenvalue weighted by Crippen LogP contribution is 2.17. The molecule has 0 aliphatic rings. The second-order valence-corrected chi connectivity index (χ2v) is 5.28. The lowest BCUT2D eigenvalue weighted by Crippen LogP contribution is -2.25. The van der Waals surface area contributed by atoms with Crippen LogP contribution in [0.4, 0.5) is 11.5 Å². The average Bonchev–Trinajstić information content (AvgIpc) is 2.48. The molecular formula is C17H24N4. The van der Waals surface area contributed by atoms with Gasteiger partial charge in [-0.25, -0.2) is 9.97 Å². The number of rotatable bonds is 6. The first-order valence-corrected chi connectivity index (χ1v) is 7.56. The molecule has 0 fully saturated rings. The van der Waals surface area contributed by atoms with Crippen LogP contribution in [0.25, 0.3) is 0 Å². The molecule has 112 valence electrons. The summed E-state index contributed by atoms with van der Waals surface area (Å²) in [7, 11) is 0. The molecule has 0 amide bonds. The molecule has 0 unspecified atom stereocenters. The Morgan fingerprint density at radius 3 is 2.43 bits per heavy atom. The van der Waals surface area contributed by atoms with Crippen LogP contribution in [0.2, 0.25) is 0 Å². The summed E-state index contributed by atoms with van der Waals surface area (Å²) in [4.78, 5) is 11.4. The first kappa shape index (κ1) is 15.3. The van der Waals surface area contributed by atoms with E-state index in [0.717, 1.165) is 49.0 Å². The van der Waals surface area contributed by atoms with E-state index in [1.807, 2.05) is 19.1 Å². The van der Waals surface area contributed by atoms with Crippen LogP contribution < -0.4 is 10.6 Å². The van der Waals surface area contributed by atoms with Crippen molar-refractivity contribution in [3.63, 3.8) is 0 Å². The quantitative estimate of drug-likeness (QED) is 0.827. The third-order valence-corrected chi connectivity index (χ3v) is 3.41. The summed E-state index contributed by atoms with van der Waals surface area (Å²) in [6.07, 6.45) is 2.01. The fourth-order valence-electron chi connectivity index (χ4n) is 2.34. The topological polar surface area (TPSA) is 55.0 Å². The van der Waals surface area contributed by atoms with Gasteiger partial charge in [0.1, 0.15) is 11.6 Å². The van der Waals surface area contributed by atoms with Crippen molar-refractivity contribution in [3.05, 3.63) is 47.4 Å². The summed E-state index contributed by atoms with van der Waals surface area (Å²) in [6.45, 7) is 8.08. The van der Waals surface area contributed by atoms with E-state index in [-0.39, 0.29) is 0 Å². The zero-order valence-corrected chi connectivity index (χ0v) is 13.1. The van der Waals surface area contributed by atoms with Crippen molar-refractivity contribution in [1.82, 2.24) is 9.97 Å². The number of aromatic nitrogens is 2. The molecule has 0 bridgehead atoms. The van der Waals surface area contributed by atoms with E-state index in [2.05, 4.69) is 46.9 Å². The van der Waals surface area contributed by atoms with E-state index < -0.39 is 0 Å². The van der Waals surface area contributed by atoms with Crippen LogP contribution in [-0.4, -0.2) is 16.5 Å². The molecule has 1 aromatic heterocycles. The zero-order chi connectivity index (χ0) is 15.2. The minimum Gasteiger partial charge on any atom is -0.399 e. The molecule has 1 aromatic carbocycles. The Bertz CT molecular complexity index is 578. The first-order valence-electron chi connectivity index (χ1n) is 7.56. The first-order chi connectivity index (χ1) is 10.1. The zero-order valence-electron chi connectivity index (χ0n) is 13.1. The molecule has 0 aliphatic heterocycles. The molecule has 1 heterocycles. The van der Waals surface area contributed by atoms with Gasteiger partial charge in [0.15, 0.2) is 0 Å². The van der Waals surface area contributed by atoms with Crippen LogP contribution in [0.1, 0.15) is 37.4 Å². The van der Waals surface area contributed by atoms with Crippen LogP contribution >= 0.6 is 0 Å². The monoisotopic (exact) mass is 284 g/mol. The molecule has 4 nitrogen and oxygen atoms in total. The molecule has 0 saturated carbocycles. The lowest BCUT2D eigenvalue weighted by atomic mass is 10.2. The molecule has 0 spiro atoms. The van der Waals surface area contributed by atoms with Gasteiger partial charge in [-0.3, -0.25) is 0 Å². The molecule has 0 radical (unpaired) electrons. The van der Waals surface area contributed by atoms with Crippen molar-refractivity contribution in [2.75, 3.05) is 17.2 Å². The normalized spacial score (nSPS) is 10.6. The molecule has 2 rings (SSSR count). The van der Waals surface area contributed by atoms with Crippen LogP contribution in [0.3, 0.4) is 0 Å². The number of hydrogen-bond acceptors (Lipinski definition) is 4. The Labute approximate surface area is 127 Å². The molecule has 0 saturated heterocycles. The third-order valence-electron chi connectivity index (χ3n) is 3.41. The van der Waals surface area contributed by atoms with Gasteiger partial charge in [0, 0.05) is 30.5 Å². The molecule has 0 atom stereocenters. The van der Waals surface area contributed by atoms with E-state index in [1.54, 1.807) is 0 Å². The highest BCUT2D eigenvalue weighted by Gasteiger charge is 2.10. The average molecular weight is 284 g/mol. The second kappa shape index (κ2) is 7.07. The van der Waals surface area contributed by atoms with E-state index in [1.165, 1.54) is 5.56 Å². The lowest BCUT2D eigenvalue weighted by molar-refractivity contribution is 0.746. The smallest absolute Gasteiger partial charge is 0.132 e. The largest absolute Gasteiger partial charge is 0.399 e. The van der Waals surface area contributed by atoms with Crippen molar-refractivity contribution in [2.24, 2.45) is 0 Å². The van der Waals surface area contributed by atoms with Crippen LogP contribution in [0, 0.1) is 6.92 Å². The predicted molar refractivity (Wildman–Crippen MR) is 88.3 cm³/mol. The third kappa shape index (κ3) is 4.18. The van der Waals surface area contributed by atoms with Gasteiger partial charge in [-0.2, -0.15) is 0 Å². The highest BCUT2D eigenvalue weighted by molar-refractivity contribution is 5.43. The maximum atomic E-state index is 5.75. The van der Waals surface area contributed by atoms with E-state index in [0.29, 0.717) is 0 Å². The second-order valence-electron chi connectivity index (χ2n) is 5.28. The lowest BCUT2D eigenvalue weighted by Gasteiger charge is -2.24. The van der Waals surface area contributed by atoms with Crippen LogP contribution in [0.15, 0.2) is 30.3 Å². The molecule has 4 heteroatoms. The summed E-state index contributed by atoms with van der Waals surface area (Å²) in [5.74, 6) is 1.85. The van der Waals surface area contributed by atoms with Gasteiger partial charge in [-0.05, 0) is 37.5 Å². The standard InChI is InChI=1S/C17H24N4/c1-4-10-21(12-14-6-8-15(18)9-7-14)17-11-16(5-2)19-13(3)20-17/h6-9,11H,4-5,10,12,18H2,1-3H3. The summed E-state index contributed by atoms with van der Waals surface area (Å²) in [5, 5.41) is 0. The minimum absolute atomic E-state index is 0.798. The number of hydrogen-bond donors (Lipinski definition) is 1. The number of aryl methyl sites for hydroxylation is 2. The van der Waals surface area contributed by atoms with Crippen molar-refractivity contribution in [2.45, 2.75) is 40.2 Å². The van der Waals surface area contributed by atoms with Gasteiger partial charge >= 0.3 is 0 Å². The molecule has 2 N–H and O–H groups in total. The maximum Gasteiger partial charge on any atom is 0.132 e. The van der Waals surface area contributed by atoms with Crippen LogP contribution in [-0.2, 0) is 13.0 Å². The maximum absolute atomic E-state index is 5.75. The van der Waals surface area contributed by atoms with Gasteiger partial charge < -0.3 is 10.6 Å². The summed E-state index contributed by atoms with van der Waals surface area (Å²) >= 11 is 0. The van der Waals surface area contributed by atoms with Crippen molar-refractivity contribution in [3.8, 4) is 0 Å². The van der Waals surface area contributed by atoms with E-state index in [4.69, 9.17) is 5.73 Å². The summed E-state index contributed by atoms with van der Waals surface area (Å²) in [6, 6.07) is 10.1. The Kier molecular flexibility index (Phi) is 5.14. The molecule has 21 heavy (non-hydrogen) atoms. The predicted octanol–water partition coefficient (Wildman–Crippen LogP) is 3.35. The van der Waals surface area contributed by atoms with Gasteiger partial charge in [-0.1, -0.05) is 26.0 Å². The highest BCUT2D eigenvalue weighted by atomic mass is 15.2. The number of nitrogen functional groups attached to an aromatic ring is 1. The van der Waals surface area contributed by atoms with E-state index >= 15 is 0 Å². The van der Waals surface area contributed by atoms with Crippen molar-refractivity contribution in [1.29, 1.82) is 0 Å². The number of nitrogens with two attached hydrogens (primary N) is 1. The van der Waals surface area contributed by atoms with Gasteiger partial charge in [0.05, 0.1) is 0 Å². The molecule has 2 aromatic rings. The van der Waals surface area contributed by atoms with Gasteiger partial charge in [0.2, 0.25) is 0 Å². The summed E-state index contributed by atoms with van der Waals surface area (Å²) in [5.41, 5.74) is 8.88. The fourth-order valence-corrected chi connectivity index (χ4v) is 2.34. The molecule has 0 aliphatic carbocycles. The number of anilines is 2. The van der Waals surface area contributed by atoms with Crippen molar-refractivity contribution < 1.29 is 0 Å². The Hall–Kier alpha value is -2.10. The number of nitrogens with zero attached hydrogens (tertiary/aromatic N) is 3. The SMILES string of the molecule is CCCN(Cc1ccc(N)cc1)c1cc(CC)nc(C)n1. The van der Waals surface area contributed by atoms with E-state index in [9.17, 15) is 0 Å². The van der Waals surface area contributed by atoms with Gasteiger partial charge in [-0.15, -0.1) is 0 Å².